The molecule has 0 N–H and O–H groups in total. The Morgan fingerprint density at radius 3 is 2.33 bits per heavy atom. The first-order valence-corrected chi connectivity index (χ1v) is 5.47. The van der Waals surface area contributed by atoms with Crippen LogP contribution in [0.4, 0.5) is 0 Å². The summed E-state index contributed by atoms with van der Waals surface area (Å²) in [6.45, 7) is 0. The van der Waals surface area contributed by atoms with E-state index in [9.17, 15) is 0 Å². The van der Waals surface area contributed by atoms with Crippen LogP contribution in [0.15, 0.2) is 22.8 Å². The average molecular weight is 230 g/mol. The predicted molar refractivity (Wildman–Crippen MR) is 64.4 cm³/mol. The molecule has 3 heteroatoms. The molecular formula is C12H20ClNO. The minimum atomic E-state index is 0. The largest absolute Gasteiger partial charge is 0.467 e. The normalized spacial score (nSPS) is 19.9. The van der Waals surface area contributed by atoms with Gasteiger partial charge in [0.1, 0.15) is 5.76 Å². The second-order valence-electron chi connectivity index (χ2n) is 4.46. The SMILES string of the molecule is CN(C)C1(c2ccco2)CCCCC1.Cl. The lowest BCUT2D eigenvalue weighted by Crippen LogP contribution is -2.42. The van der Waals surface area contributed by atoms with Gasteiger partial charge in [-0.15, -0.1) is 12.4 Å². The zero-order chi connectivity index (χ0) is 10.0. The third-order valence-corrected chi connectivity index (χ3v) is 3.52. The van der Waals surface area contributed by atoms with Gasteiger partial charge in [-0.05, 0) is 39.1 Å². The Labute approximate surface area is 98.1 Å². The topological polar surface area (TPSA) is 16.4 Å². The molecular weight excluding hydrogens is 210 g/mol. The second-order valence-corrected chi connectivity index (χ2v) is 4.46. The van der Waals surface area contributed by atoms with Crippen LogP contribution in [0.3, 0.4) is 0 Å². The zero-order valence-corrected chi connectivity index (χ0v) is 10.3. The molecule has 1 aliphatic rings. The molecule has 0 radical (unpaired) electrons. The number of nitrogens with zero attached hydrogens (tertiary/aromatic N) is 1. The van der Waals surface area contributed by atoms with Gasteiger partial charge in [-0.25, -0.2) is 0 Å². The maximum absolute atomic E-state index is 5.60. The van der Waals surface area contributed by atoms with Gasteiger partial charge in [-0.2, -0.15) is 0 Å². The van der Waals surface area contributed by atoms with Crippen LogP contribution < -0.4 is 0 Å². The maximum Gasteiger partial charge on any atom is 0.124 e. The summed E-state index contributed by atoms with van der Waals surface area (Å²) < 4.78 is 5.60. The highest BCUT2D eigenvalue weighted by atomic mass is 35.5. The Morgan fingerprint density at radius 1 is 1.20 bits per heavy atom. The molecule has 1 aromatic heterocycles. The molecule has 0 amide bonds. The quantitative estimate of drug-likeness (QED) is 0.773. The summed E-state index contributed by atoms with van der Waals surface area (Å²) in [6.07, 6.45) is 8.25. The molecule has 0 spiro atoms. The van der Waals surface area contributed by atoms with Gasteiger partial charge < -0.3 is 4.42 Å². The molecule has 2 rings (SSSR count). The smallest absolute Gasteiger partial charge is 0.124 e. The maximum atomic E-state index is 5.60. The molecule has 0 aliphatic heterocycles. The third-order valence-electron chi connectivity index (χ3n) is 3.52. The summed E-state index contributed by atoms with van der Waals surface area (Å²) in [7, 11) is 4.32. The Morgan fingerprint density at radius 2 is 1.87 bits per heavy atom. The first-order valence-electron chi connectivity index (χ1n) is 5.47. The fraction of sp³-hybridized carbons (Fsp3) is 0.667. The van der Waals surface area contributed by atoms with Crippen LogP contribution in [0.2, 0.25) is 0 Å². The molecule has 0 aromatic carbocycles. The van der Waals surface area contributed by atoms with Crippen LogP contribution in [0.25, 0.3) is 0 Å². The van der Waals surface area contributed by atoms with Gasteiger partial charge in [0.2, 0.25) is 0 Å². The van der Waals surface area contributed by atoms with E-state index in [4.69, 9.17) is 4.42 Å². The van der Waals surface area contributed by atoms with Crippen molar-refractivity contribution >= 4 is 12.4 Å². The lowest BCUT2D eigenvalue weighted by atomic mass is 9.79. The van der Waals surface area contributed by atoms with E-state index < -0.39 is 0 Å². The molecule has 0 atom stereocenters. The number of rotatable bonds is 2. The molecule has 0 saturated heterocycles. The van der Waals surface area contributed by atoms with Gasteiger partial charge in [-0.3, -0.25) is 4.90 Å². The summed E-state index contributed by atoms with van der Waals surface area (Å²) in [4.78, 5) is 2.32. The molecule has 1 fully saturated rings. The van der Waals surface area contributed by atoms with Crippen LogP contribution in [-0.2, 0) is 5.54 Å². The van der Waals surface area contributed by atoms with E-state index in [-0.39, 0.29) is 17.9 Å². The van der Waals surface area contributed by atoms with Gasteiger partial charge in [0.15, 0.2) is 0 Å². The average Bonchev–Trinajstić information content (AvgIpc) is 2.72. The monoisotopic (exact) mass is 229 g/mol. The van der Waals surface area contributed by atoms with Gasteiger partial charge >= 0.3 is 0 Å². The minimum absolute atomic E-state index is 0. The van der Waals surface area contributed by atoms with Crippen molar-refractivity contribution in [1.29, 1.82) is 0 Å². The molecule has 0 unspecified atom stereocenters. The molecule has 1 heterocycles. The van der Waals surface area contributed by atoms with Crippen LogP contribution in [-0.4, -0.2) is 19.0 Å². The molecule has 86 valence electrons. The van der Waals surface area contributed by atoms with E-state index >= 15 is 0 Å². The van der Waals surface area contributed by atoms with Gasteiger partial charge in [0, 0.05) is 0 Å². The van der Waals surface area contributed by atoms with E-state index in [0.29, 0.717) is 0 Å². The fourth-order valence-electron chi connectivity index (χ4n) is 2.59. The summed E-state index contributed by atoms with van der Waals surface area (Å²) in [6, 6.07) is 4.11. The van der Waals surface area contributed by atoms with E-state index in [1.165, 1.54) is 32.1 Å². The van der Waals surface area contributed by atoms with E-state index in [0.717, 1.165) is 5.76 Å². The van der Waals surface area contributed by atoms with Crippen LogP contribution in [0.1, 0.15) is 37.9 Å². The first kappa shape index (κ1) is 12.6. The number of halogens is 1. The van der Waals surface area contributed by atoms with Crippen molar-refractivity contribution < 1.29 is 4.42 Å². The van der Waals surface area contributed by atoms with Crippen molar-refractivity contribution in [3.8, 4) is 0 Å². The zero-order valence-electron chi connectivity index (χ0n) is 9.53. The van der Waals surface area contributed by atoms with Crippen LogP contribution in [0, 0.1) is 0 Å². The van der Waals surface area contributed by atoms with Gasteiger partial charge in [0.05, 0.1) is 11.8 Å². The summed E-state index contributed by atoms with van der Waals surface area (Å²) >= 11 is 0. The Bertz CT molecular complexity index is 276. The summed E-state index contributed by atoms with van der Waals surface area (Å²) in [5.74, 6) is 1.14. The highest BCUT2D eigenvalue weighted by Gasteiger charge is 2.38. The lowest BCUT2D eigenvalue weighted by Gasteiger charge is -2.41. The van der Waals surface area contributed by atoms with Gasteiger partial charge in [-0.1, -0.05) is 19.3 Å². The number of hydrogen-bond donors (Lipinski definition) is 0. The van der Waals surface area contributed by atoms with Gasteiger partial charge in [0.25, 0.3) is 0 Å². The Hall–Kier alpha value is -0.470. The first-order chi connectivity index (χ1) is 6.76. The van der Waals surface area contributed by atoms with Crippen molar-refractivity contribution in [1.82, 2.24) is 4.90 Å². The minimum Gasteiger partial charge on any atom is -0.467 e. The summed E-state index contributed by atoms with van der Waals surface area (Å²) in [5, 5.41) is 0. The van der Waals surface area contributed by atoms with Crippen molar-refractivity contribution in [2.24, 2.45) is 0 Å². The van der Waals surface area contributed by atoms with Crippen molar-refractivity contribution in [2.45, 2.75) is 37.6 Å². The van der Waals surface area contributed by atoms with Crippen molar-refractivity contribution in [3.63, 3.8) is 0 Å². The number of furan rings is 1. The highest BCUT2D eigenvalue weighted by Crippen LogP contribution is 2.40. The molecule has 1 aliphatic carbocycles. The molecule has 1 saturated carbocycles. The van der Waals surface area contributed by atoms with E-state index in [1.54, 1.807) is 6.26 Å². The van der Waals surface area contributed by atoms with Crippen molar-refractivity contribution in [3.05, 3.63) is 24.2 Å². The van der Waals surface area contributed by atoms with E-state index in [1.807, 2.05) is 6.07 Å². The molecule has 1 aromatic rings. The van der Waals surface area contributed by atoms with Crippen molar-refractivity contribution in [2.75, 3.05) is 14.1 Å². The third kappa shape index (κ3) is 2.21. The highest BCUT2D eigenvalue weighted by molar-refractivity contribution is 5.85. The molecule has 0 bridgehead atoms. The van der Waals surface area contributed by atoms with E-state index in [2.05, 4.69) is 25.1 Å². The lowest BCUT2D eigenvalue weighted by molar-refractivity contribution is 0.0742. The van der Waals surface area contributed by atoms with Crippen LogP contribution in [0.5, 0.6) is 0 Å². The Balaban J connectivity index is 0.00000112. The van der Waals surface area contributed by atoms with Crippen LogP contribution >= 0.6 is 12.4 Å². The molecule has 2 nitrogen and oxygen atoms in total. The predicted octanol–water partition coefficient (Wildman–Crippen LogP) is 3.42. The molecule has 15 heavy (non-hydrogen) atoms. The Kier molecular flexibility index (Phi) is 4.23. The second kappa shape index (κ2) is 5.04. The number of hydrogen-bond acceptors (Lipinski definition) is 2. The summed E-state index contributed by atoms with van der Waals surface area (Å²) in [5.41, 5.74) is 0.168. The fourth-order valence-corrected chi connectivity index (χ4v) is 2.59. The standard InChI is InChI=1S/C12H19NO.ClH/c1-13(2)12(8-4-3-5-9-12)11-7-6-10-14-11;/h6-7,10H,3-5,8-9H2,1-2H3;1H.